The van der Waals surface area contributed by atoms with Crippen molar-refractivity contribution < 1.29 is 10.1 Å². The molecule has 0 aliphatic heterocycles. The highest BCUT2D eigenvalue weighted by molar-refractivity contribution is 5.57. The van der Waals surface area contributed by atoms with E-state index in [2.05, 4.69) is 0 Å². The number of nitrogens with zero attached hydrogens (tertiary/aromatic N) is 3. The Balaban J connectivity index is 3.49. The Kier molecular flexibility index (Phi) is 2.23. The molecule has 0 amide bonds. The molecule has 0 atom stereocenters. The zero-order valence-electron chi connectivity index (χ0n) is 6.43. The number of nitriles is 2. The predicted octanol–water partition coefficient (Wildman–Crippen LogP) is 1.23. The van der Waals surface area contributed by atoms with Gasteiger partial charge in [0.05, 0.1) is 10.5 Å². The van der Waals surface area contributed by atoms with E-state index in [1.54, 1.807) is 12.1 Å². The summed E-state index contributed by atoms with van der Waals surface area (Å²) in [6.07, 6.45) is 0. The molecule has 0 aliphatic carbocycles. The van der Waals surface area contributed by atoms with Crippen LogP contribution >= 0.6 is 0 Å². The first-order valence-corrected chi connectivity index (χ1v) is 3.30. The second kappa shape index (κ2) is 3.33. The molecule has 0 heterocycles. The largest absolute Gasteiger partial charge is 0.335 e. The number of hydrogen-bond acceptors (Lipinski definition) is 3. The van der Waals surface area contributed by atoms with Crippen LogP contribution in [-0.2, 0) is 0 Å². The van der Waals surface area contributed by atoms with E-state index < -0.39 is 4.92 Å². The minimum Gasteiger partial charge on any atom is -0.241 e. The van der Waals surface area contributed by atoms with Crippen LogP contribution in [0.25, 0.3) is 0 Å². The van der Waals surface area contributed by atoms with Gasteiger partial charge in [0, 0.05) is 6.07 Å². The minimum absolute atomic E-state index is 0.0647. The summed E-state index contributed by atoms with van der Waals surface area (Å²) in [5.41, 5.74) is -0.279. The number of rotatable bonds is 1. The third-order valence-corrected chi connectivity index (χ3v) is 1.48. The van der Waals surface area contributed by atoms with Gasteiger partial charge in [0.2, 0.25) is 0 Å². The summed E-state index contributed by atoms with van der Waals surface area (Å²) < 4.78 is 0. The molecule has 0 spiro atoms. The van der Waals surface area contributed by atoms with Gasteiger partial charge >= 0.3 is 5.69 Å². The van der Waals surface area contributed by atoms with Gasteiger partial charge in [-0.2, -0.15) is 10.5 Å². The summed E-state index contributed by atoms with van der Waals surface area (Å²) >= 11 is 0. The lowest BCUT2D eigenvalue weighted by Gasteiger charge is -1.90. The summed E-state index contributed by atoms with van der Waals surface area (Å²) in [7, 11) is 0. The Morgan fingerprint density at radius 2 is 2.00 bits per heavy atom. The maximum Gasteiger partial charge on any atom is 0.335 e. The Bertz CT molecular complexity index is 440. The highest BCUT2D eigenvalue weighted by Gasteiger charge is 2.20. The van der Waals surface area contributed by atoms with E-state index in [0.29, 0.717) is 0 Å². The molecule has 5 heteroatoms. The van der Waals surface area contributed by atoms with Crippen LogP contribution in [0.5, 0.6) is 0 Å². The lowest BCUT2D eigenvalue weighted by atomic mass is 10.1. The molecule has 0 unspecified atom stereocenters. The van der Waals surface area contributed by atoms with Crippen LogP contribution < -0.4 is 0 Å². The second-order valence-electron chi connectivity index (χ2n) is 2.20. The molecular formula is C8H4N3O2+. The molecule has 5 nitrogen and oxygen atoms in total. The Hall–Kier alpha value is -2.40. The fourth-order valence-corrected chi connectivity index (χ4v) is 0.910. The minimum atomic E-state index is -0.431. The van der Waals surface area contributed by atoms with Gasteiger partial charge in [0.1, 0.15) is 12.1 Å². The van der Waals surface area contributed by atoms with Gasteiger partial charge in [-0.15, -0.1) is 0 Å². The van der Waals surface area contributed by atoms with E-state index >= 15 is 0 Å². The van der Waals surface area contributed by atoms with E-state index in [1.165, 1.54) is 18.2 Å². The van der Waals surface area contributed by atoms with Crippen LogP contribution in [0.15, 0.2) is 18.2 Å². The molecule has 0 radical (unpaired) electrons. The van der Waals surface area contributed by atoms with Crippen molar-refractivity contribution in [1.82, 2.24) is 0 Å². The quantitative estimate of drug-likeness (QED) is 0.648. The average Bonchev–Trinajstić information content (AvgIpc) is 2.16. The van der Waals surface area contributed by atoms with Gasteiger partial charge in [-0.3, -0.25) is 0 Å². The van der Waals surface area contributed by atoms with Gasteiger partial charge in [-0.05, 0) is 6.07 Å². The van der Waals surface area contributed by atoms with Crippen molar-refractivity contribution in [3.8, 4) is 12.1 Å². The first-order chi connectivity index (χ1) is 6.20. The fraction of sp³-hybridized carbons (Fsp3) is 0. The molecule has 62 valence electrons. The van der Waals surface area contributed by atoms with E-state index in [-0.39, 0.29) is 16.8 Å². The van der Waals surface area contributed by atoms with Crippen molar-refractivity contribution in [2.45, 2.75) is 0 Å². The van der Waals surface area contributed by atoms with Gasteiger partial charge in [0.15, 0.2) is 5.56 Å². The van der Waals surface area contributed by atoms with Crippen LogP contribution in [0.4, 0.5) is 5.69 Å². The molecule has 1 rings (SSSR count). The van der Waals surface area contributed by atoms with Crippen LogP contribution in [0, 0.1) is 27.6 Å². The highest BCUT2D eigenvalue weighted by Crippen LogP contribution is 2.19. The van der Waals surface area contributed by atoms with E-state index in [1.807, 2.05) is 0 Å². The zero-order chi connectivity index (χ0) is 9.84. The van der Waals surface area contributed by atoms with E-state index in [9.17, 15) is 4.91 Å². The standard InChI is InChI=1S/C8H4N3O2/c9-4-6-2-1-3-8(11(12)13)7(6)5-10/h1-3H,(H,12,13)/q+1. The van der Waals surface area contributed by atoms with Crippen LogP contribution in [0.3, 0.4) is 0 Å². The monoisotopic (exact) mass is 174 g/mol. The zero-order valence-corrected chi connectivity index (χ0v) is 6.43. The van der Waals surface area contributed by atoms with Crippen molar-refractivity contribution in [3.63, 3.8) is 0 Å². The molecule has 0 aliphatic rings. The topological polar surface area (TPSA) is 87.9 Å². The molecule has 0 fully saturated rings. The lowest BCUT2D eigenvalue weighted by molar-refractivity contribution is -0.729. The molecule has 1 aromatic rings. The van der Waals surface area contributed by atoms with Crippen LogP contribution in [-0.4, -0.2) is 10.1 Å². The molecule has 1 N–H and O–H groups in total. The normalized spacial score (nSPS) is 8.46. The summed E-state index contributed by atoms with van der Waals surface area (Å²) in [6.45, 7) is 0. The molecular weight excluding hydrogens is 170 g/mol. The Morgan fingerprint density at radius 1 is 1.31 bits per heavy atom. The summed E-state index contributed by atoms with van der Waals surface area (Å²) in [5.74, 6) is 0. The summed E-state index contributed by atoms with van der Waals surface area (Å²) in [6, 6.07) is 7.48. The third-order valence-electron chi connectivity index (χ3n) is 1.48. The van der Waals surface area contributed by atoms with Crippen molar-refractivity contribution in [2.24, 2.45) is 0 Å². The maximum atomic E-state index is 10.5. The molecule has 0 saturated carbocycles. The van der Waals surface area contributed by atoms with Gasteiger partial charge in [-0.25, -0.2) is 5.21 Å². The number of benzene rings is 1. The van der Waals surface area contributed by atoms with Gasteiger partial charge in [-0.1, -0.05) is 6.07 Å². The van der Waals surface area contributed by atoms with Crippen LogP contribution in [0.2, 0.25) is 0 Å². The predicted molar refractivity (Wildman–Crippen MR) is 40.9 cm³/mol. The van der Waals surface area contributed by atoms with E-state index in [4.69, 9.17) is 15.7 Å². The first-order valence-electron chi connectivity index (χ1n) is 3.30. The molecule has 0 aromatic heterocycles. The maximum absolute atomic E-state index is 10.5. The molecule has 1 aromatic carbocycles. The summed E-state index contributed by atoms with van der Waals surface area (Å²) in [4.78, 5) is 10.1. The third kappa shape index (κ3) is 1.44. The highest BCUT2D eigenvalue weighted by atomic mass is 16.6. The van der Waals surface area contributed by atoms with Crippen LogP contribution in [0.1, 0.15) is 11.1 Å². The van der Waals surface area contributed by atoms with Crippen molar-refractivity contribution in [1.29, 1.82) is 10.5 Å². The fourth-order valence-electron chi connectivity index (χ4n) is 0.910. The second-order valence-corrected chi connectivity index (χ2v) is 2.20. The smallest absolute Gasteiger partial charge is 0.241 e. The molecule has 13 heavy (non-hydrogen) atoms. The summed E-state index contributed by atoms with van der Waals surface area (Å²) in [5, 5.41) is 25.7. The molecule has 0 bridgehead atoms. The van der Waals surface area contributed by atoms with Gasteiger partial charge < -0.3 is 0 Å². The van der Waals surface area contributed by atoms with Crippen molar-refractivity contribution in [2.75, 3.05) is 0 Å². The number of hydrogen-bond donors (Lipinski definition) is 1. The Labute approximate surface area is 73.6 Å². The molecule has 0 saturated heterocycles. The lowest BCUT2D eigenvalue weighted by Crippen LogP contribution is -1.96. The Morgan fingerprint density at radius 3 is 2.46 bits per heavy atom. The van der Waals surface area contributed by atoms with Crippen molar-refractivity contribution in [3.05, 3.63) is 34.2 Å². The first kappa shape index (κ1) is 8.69. The average molecular weight is 174 g/mol. The SMILES string of the molecule is N#Cc1cccc([N+](=O)O)c1C#N. The van der Waals surface area contributed by atoms with Gasteiger partial charge in [0.25, 0.3) is 4.92 Å². The van der Waals surface area contributed by atoms with E-state index in [0.717, 1.165) is 0 Å². The van der Waals surface area contributed by atoms with Crippen molar-refractivity contribution >= 4 is 5.69 Å².